The van der Waals surface area contributed by atoms with Crippen LogP contribution in [0.4, 0.5) is 5.13 Å². The maximum Gasteiger partial charge on any atom is 0.270 e. The molecule has 0 aromatic carbocycles. The number of hydrogen-bond acceptors (Lipinski definition) is 5. The molecule has 1 aliphatic heterocycles. The molecule has 0 bridgehead atoms. The Balaban J connectivity index is 1.53. The Hall–Kier alpha value is -1.95. The van der Waals surface area contributed by atoms with Gasteiger partial charge in [0, 0.05) is 36.9 Å². The van der Waals surface area contributed by atoms with Gasteiger partial charge in [-0.2, -0.15) is 0 Å². The normalized spacial score (nSPS) is 16.1. The lowest BCUT2D eigenvalue weighted by atomic mass is 10.1. The van der Waals surface area contributed by atoms with Gasteiger partial charge in [0.15, 0.2) is 5.13 Å². The summed E-state index contributed by atoms with van der Waals surface area (Å²) in [5.41, 5.74) is 0.481. The number of thiazole rings is 1. The van der Waals surface area contributed by atoms with Gasteiger partial charge in [0.05, 0.1) is 0 Å². The molecule has 1 aliphatic rings. The van der Waals surface area contributed by atoms with Gasteiger partial charge >= 0.3 is 0 Å². The second kappa shape index (κ2) is 6.00. The first kappa shape index (κ1) is 13.1. The zero-order valence-corrected chi connectivity index (χ0v) is 11.8. The van der Waals surface area contributed by atoms with Gasteiger partial charge in [0.2, 0.25) is 0 Å². The lowest BCUT2D eigenvalue weighted by molar-refractivity contribution is 0.0926. The zero-order valence-electron chi connectivity index (χ0n) is 11.0. The molecule has 1 fully saturated rings. The van der Waals surface area contributed by atoms with Crippen LogP contribution < -0.4 is 10.2 Å². The van der Waals surface area contributed by atoms with Crippen LogP contribution in [0.25, 0.3) is 0 Å². The second-order valence-electron chi connectivity index (χ2n) is 4.76. The van der Waals surface area contributed by atoms with Crippen molar-refractivity contribution in [2.75, 3.05) is 18.0 Å². The van der Waals surface area contributed by atoms with Crippen LogP contribution in [0.5, 0.6) is 0 Å². The van der Waals surface area contributed by atoms with Crippen molar-refractivity contribution < 1.29 is 4.79 Å². The molecule has 6 heteroatoms. The lowest BCUT2D eigenvalue weighted by Gasteiger charge is -2.32. The SMILES string of the molecule is O=C(NC1CCN(c2nccs2)CC1)c1ccccn1. The van der Waals surface area contributed by atoms with E-state index in [4.69, 9.17) is 0 Å². The number of aromatic nitrogens is 2. The summed E-state index contributed by atoms with van der Waals surface area (Å²) in [5, 5.41) is 6.12. The van der Waals surface area contributed by atoms with Crippen molar-refractivity contribution in [2.45, 2.75) is 18.9 Å². The highest BCUT2D eigenvalue weighted by Crippen LogP contribution is 2.21. The van der Waals surface area contributed by atoms with Gasteiger partial charge in [0.1, 0.15) is 5.69 Å². The van der Waals surface area contributed by atoms with Crippen molar-refractivity contribution in [3.63, 3.8) is 0 Å². The predicted octanol–water partition coefficient (Wildman–Crippen LogP) is 1.94. The van der Waals surface area contributed by atoms with Crippen molar-refractivity contribution in [3.05, 3.63) is 41.7 Å². The van der Waals surface area contributed by atoms with Gasteiger partial charge in [-0.1, -0.05) is 6.07 Å². The fraction of sp³-hybridized carbons (Fsp3) is 0.357. The molecule has 3 rings (SSSR count). The van der Waals surface area contributed by atoms with E-state index in [-0.39, 0.29) is 11.9 Å². The molecule has 20 heavy (non-hydrogen) atoms. The summed E-state index contributed by atoms with van der Waals surface area (Å²) in [5.74, 6) is -0.0849. The summed E-state index contributed by atoms with van der Waals surface area (Å²) in [6.07, 6.45) is 5.35. The molecule has 0 radical (unpaired) electrons. The topological polar surface area (TPSA) is 58.1 Å². The Morgan fingerprint density at radius 3 is 2.75 bits per heavy atom. The highest BCUT2D eigenvalue weighted by Gasteiger charge is 2.22. The van der Waals surface area contributed by atoms with Gasteiger partial charge in [-0.15, -0.1) is 11.3 Å². The van der Waals surface area contributed by atoms with E-state index in [0.29, 0.717) is 5.69 Å². The van der Waals surface area contributed by atoms with Crippen LogP contribution >= 0.6 is 11.3 Å². The Bertz CT molecular complexity index is 550. The lowest BCUT2D eigenvalue weighted by Crippen LogP contribution is -2.44. The highest BCUT2D eigenvalue weighted by atomic mass is 32.1. The van der Waals surface area contributed by atoms with Crippen molar-refractivity contribution >= 4 is 22.4 Å². The number of piperidine rings is 1. The number of carbonyl (C=O) groups excluding carboxylic acids is 1. The number of anilines is 1. The summed E-state index contributed by atoms with van der Waals surface area (Å²) in [4.78, 5) is 22.7. The van der Waals surface area contributed by atoms with E-state index >= 15 is 0 Å². The van der Waals surface area contributed by atoms with Gasteiger partial charge < -0.3 is 10.2 Å². The van der Waals surface area contributed by atoms with Crippen LogP contribution in [0, 0.1) is 0 Å². The number of nitrogens with one attached hydrogen (secondary N) is 1. The average molecular weight is 288 g/mol. The zero-order chi connectivity index (χ0) is 13.8. The third-order valence-corrected chi connectivity index (χ3v) is 4.25. The van der Waals surface area contributed by atoms with Crippen molar-refractivity contribution in [1.29, 1.82) is 0 Å². The molecular weight excluding hydrogens is 272 g/mol. The Morgan fingerprint density at radius 2 is 2.10 bits per heavy atom. The first-order valence-electron chi connectivity index (χ1n) is 6.69. The van der Waals surface area contributed by atoms with E-state index in [2.05, 4.69) is 20.2 Å². The minimum atomic E-state index is -0.0849. The second-order valence-corrected chi connectivity index (χ2v) is 5.64. The van der Waals surface area contributed by atoms with Gasteiger partial charge in [-0.25, -0.2) is 4.98 Å². The molecule has 1 N–H and O–H groups in total. The first-order chi connectivity index (χ1) is 9.83. The predicted molar refractivity (Wildman–Crippen MR) is 79.1 cm³/mol. The Kier molecular flexibility index (Phi) is 3.92. The summed E-state index contributed by atoms with van der Waals surface area (Å²) in [6.45, 7) is 1.86. The quantitative estimate of drug-likeness (QED) is 0.937. The van der Waals surface area contributed by atoms with Crippen LogP contribution in [-0.2, 0) is 0 Å². The van der Waals surface area contributed by atoms with E-state index in [0.717, 1.165) is 31.1 Å². The van der Waals surface area contributed by atoms with E-state index in [1.165, 1.54) is 0 Å². The van der Waals surface area contributed by atoms with E-state index in [1.807, 2.05) is 23.7 Å². The largest absolute Gasteiger partial charge is 0.348 e. The number of nitrogens with zero attached hydrogens (tertiary/aromatic N) is 3. The van der Waals surface area contributed by atoms with Crippen LogP contribution in [0.3, 0.4) is 0 Å². The highest BCUT2D eigenvalue weighted by molar-refractivity contribution is 7.13. The Morgan fingerprint density at radius 1 is 1.25 bits per heavy atom. The van der Waals surface area contributed by atoms with Crippen LogP contribution in [0.1, 0.15) is 23.3 Å². The molecule has 0 atom stereocenters. The van der Waals surface area contributed by atoms with Crippen molar-refractivity contribution in [2.24, 2.45) is 0 Å². The fourth-order valence-corrected chi connectivity index (χ4v) is 3.04. The summed E-state index contributed by atoms with van der Waals surface area (Å²) >= 11 is 1.66. The molecule has 1 amide bonds. The van der Waals surface area contributed by atoms with E-state index in [9.17, 15) is 4.79 Å². The molecular formula is C14H16N4OS. The van der Waals surface area contributed by atoms with Crippen molar-refractivity contribution in [3.8, 4) is 0 Å². The number of hydrogen-bond donors (Lipinski definition) is 1. The molecule has 0 aliphatic carbocycles. The fourth-order valence-electron chi connectivity index (χ4n) is 2.34. The third-order valence-electron chi connectivity index (χ3n) is 3.42. The van der Waals surface area contributed by atoms with Crippen LogP contribution in [0.2, 0.25) is 0 Å². The van der Waals surface area contributed by atoms with Gasteiger partial charge in [0.25, 0.3) is 5.91 Å². The van der Waals surface area contributed by atoms with E-state index < -0.39 is 0 Å². The number of pyridine rings is 1. The summed E-state index contributed by atoms with van der Waals surface area (Å²) in [6, 6.07) is 5.59. The number of rotatable bonds is 3. The molecule has 5 nitrogen and oxygen atoms in total. The molecule has 0 unspecified atom stereocenters. The molecule has 2 aromatic heterocycles. The maximum absolute atomic E-state index is 12.0. The minimum absolute atomic E-state index is 0.0849. The molecule has 0 saturated carbocycles. The molecule has 3 heterocycles. The molecule has 0 spiro atoms. The monoisotopic (exact) mass is 288 g/mol. The third kappa shape index (κ3) is 2.96. The van der Waals surface area contributed by atoms with Crippen LogP contribution in [-0.4, -0.2) is 35.0 Å². The van der Waals surface area contributed by atoms with Gasteiger partial charge in [-0.3, -0.25) is 9.78 Å². The summed E-state index contributed by atoms with van der Waals surface area (Å²) < 4.78 is 0. The van der Waals surface area contributed by atoms with Crippen molar-refractivity contribution in [1.82, 2.24) is 15.3 Å². The molecule has 104 valence electrons. The smallest absolute Gasteiger partial charge is 0.270 e. The molecule has 1 saturated heterocycles. The van der Waals surface area contributed by atoms with Gasteiger partial charge in [-0.05, 0) is 25.0 Å². The first-order valence-corrected chi connectivity index (χ1v) is 7.57. The average Bonchev–Trinajstić information content (AvgIpc) is 3.03. The molecule has 2 aromatic rings. The van der Waals surface area contributed by atoms with Crippen LogP contribution in [0.15, 0.2) is 36.0 Å². The number of carbonyl (C=O) groups is 1. The Labute approximate surface area is 121 Å². The summed E-state index contributed by atoms with van der Waals surface area (Å²) in [7, 11) is 0. The standard InChI is InChI=1S/C14H16N4OS/c19-13(12-3-1-2-6-15-12)17-11-4-8-18(9-5-11)14-16-7-10-20-14/h1-3,6-7,10-11H,4-5,8-9H2,(H,17,19). The maximum atomic E-state index is 12.0. The number of amides is 1. The minimum Gasteiger partial charge on any atom is -0.348 e. The van der Waals surface area contributed by atoms with E-state index in [1.54, 1.807) is 23.6 Å².